The Balaban J connectivity index is 1.61. The van der Waals surface area contributed by atoms with Gasteiger partial charge >= 0.3 is 0 Å². The second kappa shape index (κ2) is 13.5. The minimum Gasteiger partial charge on any atom is -0.493 e. The fraction of sp³-hybridized carbons (Fsp3) is 0.300. The summed E-state index contributed by atoms with van der Waals surface area (Å²) in [4.78, 5) is 18.9. The van der Waals surface area contributed by atoms with E-state index in [0.717, 1.165) is 22.0 Å². The molecule has 1 aromatic heterocycles. The quantitative estimate of drug-likeness (QED) is 0.247. The molecule has 10 heteroatoms. The average Bonchev–Trinajstić information content (AvgIpc) is 3.40. The van der Waals surface area contributed by atoms with Crippen molar-refractivity contribution in [2.75, 3.05) is 47.6 Å². The van der Waals surface area contributed by atoms with Crippen LogP contribution in [0.25, 0.3) is 10.9 Å². The van der Waals surface area contributed by atoms with Crippen LogP contribution < -0.4 is 9.47 Å². The van der Waals surface area contributed by atoms with Gasteiger partial charge < -0.3 is 24.1 Å². The third kappa shape index (κ3) is 6.82. The van der Waals surface area contributed by atoms with Gasteiger partial charge in [-0.3, -0.25) is 4.79 Å². The van der Waals surface area contributed by atoms with Gasteiger partial charge in [0.2, 0.25) is 15.9 Å². The fourth-order valence-corrected chi connectivity index (χ4v) is 5.95. The van der Waals surface area contributed by atoms with E-state index in [9.17, 15) is 13.2 Å². The van der Waals surface area contributed by atoms with Crippen molar-refractivity contribution in [3.63, 3.8) is 0 Å². The number of nitrogens with one attached hydrogen (secondary N) is 1. The van der Waals surface area contributed by atoms with Crippen LogP contribution >= 0.6 is 0 Å². The van der Waals surface area contributed by atoms with Crippen LogP contribution in [0.5, 0.6) is 11.5 Å². The second-order valence-corrected chi connectivity index (χ2v) is 11.2. The maximum atomic E-state index is 13.8. The van der Waals surface area contributed by atoms with Gasteiger partial charge in [-0.2, -0.15) is 4.31 Å². The van der Waals surface area contributed by atoms with Gasteiger partial charge in [0.1, 0.15) is 0 Å². The van der Waals surface area contributed by atoms with Gasteiger partial charge in [0.05, 0.1) is 32.3 Å². The van der Waals surface area contributed by atoms with Crippen LogP contribution in [-0.4, -0.2) is 76.1 Å². The number of sulfonamides is 1. The van der Waals surface area contributed by atoms with Gasteiger partial charge in [0, 0.05) is 43.8 Å². The molecule has 0 unspecified atom stereocenters. The summed E-state index contributed by atoms with van der Waals surface area (Å²) in [7, 11) is 0.708. The fourth-order valence-electron chi connectivity index (χ4n) is 4.55. The topological polar surface area (TPSA) is 101 Å². The number of aromatic amines is 1. The first-order valence-corrected chi connectivity index (χ1v) is 14.4. The van der Waals surface area contributed by atoms with E-state index in [1.54, 1.807) is 43.4 Å². The number of hydrogen-bond acceptors (Lipinski definition) is 6. The summed E-state index contributed by atoms with van der Waals surface area (Å²) in [5.41, 5.74) is 2.93. The first kappa shape index (κ1) is 29.1. The Morgan fingerprint density at radius 3 is 2.33 bits per heavy atom. The predicted octanol–water partition coefficient (Wildman–Crippen LogP) is 4.09. The normalized spacial score (nSPS) is 11.6. The number of carbonyl (C=O) groups is 1. The van der Waals surface area contributed by atoms with Crippen LogP contribution in [0.1, 0.15) is 11.1 Å². The van der Waals surface area contributed by atoms with Gasteiger partial charge in [0.25, 0.3) is 0 Å². The number of fused-ring (bicyclic) bond motifs is 1. The molecule has 4 rings (SSSR count). The Morgan fingerprint density at radius 2 is 1.60 bits per heavy atom. The lowest BCUT2D eigenvalue weighted by atomic mass is 10.1. The zero-order valence-electron chi connectivity index (χ0n) is 23.0. The van der Waals surface area contributed by atoms with Gasteiger partial charge in [-0.25, -0.2) is 8.42 Å². The molecule has 3 aromatic carbocycles. The summed E-state index contributed by atoms with van der Waals surface area (Å²) in [5, 5.41) is 1.09. The van der Waals surface area contributed by atoms with Crippen molar-refractivity contribution >= 4 is 26.8 Å². The number of aromatic nitrogens is 1. The highest BCUT2D eigenvalue weighted by Gasteiger charge is 2.28. The van der Waals surface area contributed by atoms with Crippen molar-refractivity contribution in [1.29, 1.82) is 0 Å². The maximum absolute atomic E-state index is 13.8. The van der Waals surface area contributed by atoms with E-state index >= 15 is 0 Å². The molecule has 0 atom stereocenters. The van der Waals surface area contributed by atoms with Crippen molar-refractivity contribution in [3.05, 3.63) is 90.1 Å². The number of carbonyl (C=O) groups excluding carboxylic acids is 1. The average molecular weight is 566 g/mol. The maximum Gasteiger partial charge on any atom is 0.243 e. The molecule has 0 fully saturated rings. The van der Waals surface area contributed by atoms with E-state index in [4.69, 9.17) is 14.2 Å². The highest BCUT2D eigenvalue weighted by Crippen LogP contribution is 2.28. The smallest absolute Gasteiger partial charge is 0.243 e. The van der Waals surface area contributed by atoms with Crippen LogP contribution in [0.15, 0.2) is 83.9 Å². The van der Waals surface area contributed by atoms with Crippen LogP contribution in [0.2, 0.25) is 0 Å². The standard InChI is InChI=1S/C30H35N3O6S/c1-37-18-17-33(40(35,36)25-9-5-4-6-10-25)22-30(34)32(21-23-13-14-28(38-2)29(19-23)39-3)16-15-24-20-31-27-12-8-7-11-26(24)27/h4-14,19-20,31H,15-18,21-22H2,1-3H3. The summed E-state index contributed by atoms with van der Waals surface area (Å²) < 4.78 is 44.1. The molecule has 0 aliphatic carbocycles. The monoisotopic (exact) mass is 565 g/mol. The Kier molecular flexibility index (Phi) is 9.81. The van der Waals surface area contributed by atoms with Crippen LogP contribution in [0.3, 0.4) is 0 Å². The van der Waals surface area contributed by atoms with E-state index in [-0.39, 0.29) is 37.0 Å². The van der Waals surface area contributed by atoms with Gasteiger partial charge in [-0.1, -0.05) is 42.5 Å². The number of ether oxygens (including phenoxy) is 3. The first-order valence-electron chi connectivity index (χ1n) is 12.9. The number of H-pyrrole nitrogens is 1. The number of para-hydroxylation sites is 1. The number of benzene rings is 3. The molecular weight excluding hydrogens is 530 g/mol. The minimum absolute atomic E-state index is 0.0477. The number of methoxy groups -OCH3 is 3. The molecule has 40 heavy (non-hydrogen) atoms. The molecule has 0 saturated heterocycles. The Morgan fingerprint density at radius 1 is 0.875 bits per heavy atom. The zero-order valence-corrected chi connectivity index (χ0v) is 23.8. The van der Waals surface area contributed by atoms with Gasteiger partial charge in [-0.05, 0) is 47.9 Å². The molecule has 0 aliphatic heterocycles. The molecule has 9 nitrogen and oxygen atoms in total. The molecule has 4 aromatic rings. The van der Waals surface area contributed by atoms with Gasteiger partial charge in [-0.15, -0.1) is 0 Å². The summed E-state index contributed by atoms with van der Waals surface area (Å²) in [6.07, 6.45) is 2.54. The SMILES string of the molecule is COCCN(CC(=O)N(CCc1c[nH]c2ccccc12)Cc1ccc(OC)c(OC)c1)S(=O)(=O)c1ccccc1. The molecule has 0 spiro atoms. The number of amides is 1. The first-order chi connectivity index (χ1) is 19.4. The van der Waals surface area contributed by atoms with E-state index in [1.165, 1.54) is 23.5 Å². The molecule has 0 saturated carbocycles. The molecule has 0 aliphatic rings. The molecule has 0 bridgehead atoms. The Hall–Kier alpha value is -3.86. The largest absolute Gasteiger partial charge is 0.493 e. The van der Waals surface area contributed by atoms with Crippen molar-refractivity contribution in [2.45, 2.75) is 17.9 Å². The lowest BCUT2D eigenvalue weighted by Gasteiger charge is -2.27. The van der Waals surface area contributed by atoms with E-state index in [0.29, 0.717) is 24.5 Å². The minimum atomic E-state index is -3.92. The molecule has 1 N–H and O–H groups in total. The van der Waals surface area contributed by atoms with Crippen molar-refractivity contribution in [1.82, 2.24) is 14.2 Å². The zero-order chi connectivity index (χ0) is 28.5. The van der Waals surface area contributed by atoms with Crippen LogP contribution in [0.4, 0.5) is 0 Å². The molecule has 1 amide bonds. The summed E-state index contributed by atoms with van der Waals surface area (Å²) in [6.45, 7) is 0.543. The summed E-state index contributed by atoms with van der Waals surface area (Å²) in [6, 6.07) is 21.6. The molecule has 0 radical (unpaired) electrons. The van der Waals surface area contributed by atoms with Gasteiger partial charge in [0.15, 0.2) is 11.5 Å². The van der Waals surface area contributed by atoms with E-state index < -0.39 is 10.0 Å². The van der Waals surface area contributed by atoms with E-state index in [1.807, 2.05) is 42.6 Å². The lowest BCUT2D eigenvalue weighted by molar-refractivity contribution is -0.132. The lowest BCUT2D eigenvalue weighted by Crippen LogP contribution is -2.44. The molecule has 1 heterocycles. The third-order valence-electron chi connectivity index (χ3n) is 6.74. The van der Waals surface area contributed by atoms with Crippen molar-refractivity contribution < 1.29 is 27.4 Å². The third-order valence-corrected chi connectivity index (χ3v) is 8.60. The van der Waals surface area contributed by atoms with Crippen LogP contribution in [0, 0.1) is 0 Å². The van der Waals surface area contributed by atoms with Crippen molar-refractivity contribution in [2.24, 2.45) is 0 Å². The summed E-state index contributed by atoms with van der Waals surface area (Å²) in [5.74, 6) is 0.824. The predicted molar refractivity (Wildman–Crippen MR) is 154 cm³/mol. The Bertz CT molecular complexity index is 1520. The number of hydrogen-bond donors (Lipinski definition) is 1. The van der Waals surface area contributed by atoms with Crippen molar-refractivity contribution in [3.8, 4) is 11.5 Å². The Labute approximate surface area is 235 Å². The highest BCUT2D eigenvalue weighted by molar-refractivity contribution is 7.89. The number of rotatable bonds is 14. The molecule has 212 valence electrons. The summed E-state index contributed by atoms with van der Waals surface area (Å²) >= 11 is 0. The van der Waals surface area contributed by atoms with Crippen LogP contribution in [-0.2, 0) is 32.5 Å². The number of nitrogens with zero attached hydrogens (tertiary/aromatic N) is 2. The molecular formula is C30H35N3O6S. The highest BCUT2D eigenvalue weighted by atomic mass is 32.2. The van der Waals surface area contributed by atoms with E-state index in [2.05, 4.69) is 4.98 Å². The second-order valence-electron chi connectivity index (χ2n) is 9.26.